The molecule has 0 atom stereocenters. The quantitative estimate of drug-likeness (QED) is 0.411. The Bertz CT molecular complexity index is 850. The van der Waals surface area contributed by atoms with E-state index in [0.29, 0.717) is 28.4 Å². The number of primary sulfonamides is 1. The van der Waals surface area contributed by atoms with E-state index in [9.17, 15) is 8.42 Å². The summed E-state index contributed by atoms with van der Waals surface area (Å²) in [7, 11) is -3.99. The minimum Gasteiger partial charge on any atom is -0.454 e. The van der Waals surface area contributed by atoms with Crippen LogP contribution in [0.25, 0.3) is 0 Å². The van der Waals surface area contributed by atoms with Crippen molar-refractivity contribution in [1.29, 1.82) is 0 Å². The predicted octanol–water partition coefficient (Wildman–Crippen LogP) is 4.08. The molecule has 3 N–H and O–H groups in total. The van der Waals surface area contributed by atoms with E-state index in [1.807, 2.05) is 18.2 Å². The zero-order valence-electron chi connectivity index (χ0n) is 14.3. The molecule has 0 saturated heterocycles. The van der Waals surface area contributed by atoms with Crippen molar-refractivity contribution in [2.24, 2.45) is 5.14 Å². The standard InChI is InChI=1S/C18H22N2O3S2/c1-3-4-10-20-16-11-14(13(2)24)12-17(25(19,21)22)18(16)23-15-8-6-5-7-9-15/h5-9,11-12,20H,3-4,10H2,1-2H3,(H2,19,21,22). The number of benzene rings is 2. The van der Waals surface area contributed by atoms with Gasteiger partial charge >= 0.3 is 0 Å². The molecule has 0 saturated carbocycles. The molecule has 0 aliphatic carbocycles. The fourth-order valence-electron chi connectivity index (χ4n) is 2.26. The average molecular weight is 379 g/mol. The van der Waals surface area contributed by atoms with Crippen LogP contribution in [-0.2, 0) is 10.0 Å². The van der Waals surface area contributed by atoms with Crippen LogP contribution in [-0.4, -0.2) is 19.8 Å². The minimum atomic E-state index is -3.99. The maximum absolute atomic E-state index is 12.1. The van der Waals surface area contributed by atoms with Crippen molar-refractivity contribution < 1.29 is 13.2 Å². The molecule has 0 aromatic heterocycles. The largest absolute Gasteiger partial charge is 0.454 e. The molecule has 0 heterocycles. The van der Waals surface area contributed by atoms with E-state index in [1.54, 1.807) is 25.1 Å². The maximum atomic E-state index is 12.1. The molecule has 134 valence electrons. The van der Waals surface area contributed by atoms with Crippen LogP contribution in [0.15, 0.2) is 47.4 Å². The third-order valence-electron chi connectivity index (χ3n) is 3.58. The first kappa shape index (κ1) is 19.4. The summed E-state index contributed by atoms with van der Waals surface area (Å²) in [5, 5.41) is 8.66. The number of hydrogen-bond donors (Lipinski definition) is 2. The Balaban J connectivity index is 2.59. The van der Waals surface area contributed by atoms with Gasteiger partial charge in [-0.3, -0.25) is 0 Å². The smallest absolute Gasteiger partial charge is 0.241 e. The Morgan fingerprint density at radius 3 is 2.48 bits per heavy atom. The number of ether oxygens (including phenoxy) is 1. The van der Waals surface area contributed by atoms with Crippen molar-refractivity contribution in [2.45, 2.75) is 31.6 Å². The van der Waals surface area contributed by atoms with Gasteiger partial charge < -0.3 is 10.1 Å². The van der Waals surface area contributed by atoms with Crippen molar-refractivity contribution in [3.63, 3.8) is 0 Å². The Kier molecular flexibility index (Phi) is 6.52. The van der Waals surface area contributed by atoms with Gasteiger partial charge in [0, 0.05) is 11.4 Å². The third-order valence-corrected chi connectivity index (χ3v) is 4.73. The van der Waals surface area contributed by atoms with Crippen LogP contribution in [0, 0.1) is 0 Å². The van der Waals surface area contributed by atoms with Crippen LogP contribution in [0.2, 0.25) is 0 Å². The molecule has 25 heavy (non-hydrogen) atoms. The normalized spacial score (nSPS) is 11.2. The Labute approximate surface area is 154 Å². The summed E-state index contributed by atoms with van der Waals surface area (Å²) in [6.07, 6.45) is 1.95. The Morgan fingerprint density at radius 2 is 1.92 bits per heavy atom. The molecule has 2 rings (SSSR count). The van der Waals surface area contributed by atoms with Crippen LogP contribution in [0.1, 0.15) is 32.3 Å². The number of nitrogens with one attached hydrogen (secondary N) is 1. The fourth-order valence-corrected chi connectivity index (χ4v) is 3.08. The number of unbranched alkanes of at least 4 members (excludes halogenated alkanes) is 1. The lowest BCUT2D eigenvalue weighted by atomic mass is 10.1. The van der Waals surface area contributed by atoms with Crippen LogP contribution >= 0.6 is 12.2 Å². The van der Waals surface area contributed by atoms with Gasteiger partial charge in [-0.2, -0.15) is 0 Å². The summed E-state index contributed by atoms with van der Waals surface area (Å²) in [5.74, 6) is 0.711. The molecule has 2 aromatic carbocycles. The predicted molar refractivity (Wildman–Crippen MR) is 105 cm³/mol. The van der Waals surface area contributed by atoms with Gasteiger partial charge in [-0.15, -0.1) is 0 Å². The average Bonchev–Trinajstić information content (AvgIpc) is 2.56. The van der Waals surface area contributed by atoms with E-state index in [0.717, 1.165) is 12.8 Å². The van der Waals surface area contributed by atoms with Gasteiger partial charge in [0.25, 0.3) is 0 Å². The second-order valence-corrected chi connectivity index (χ2v) is 7.79. The highest BCUT2D eigenvalue weighted by Crippen LogP contribution is 2.37. The molecule has 0 fully saturated rings. The van der Waals surface area contributed by atoms with Crippen molar-refractivity contribution in [3.05, 3.63) is 48.0 Å². The van der Waals surface area contributed by atoms with E-state index in [2.05, 4.69) is 12.2 Å². The van der Waals surface area contributed by atoms with E-state index < -0.39 is 10.0 Å². The van der Waals surface area contributed by atoms with E-state index in [4.69, 9.17) is 22.1 Å². The zero-order valence-corrected chi connectivity index (χ0v) is 15.9. The lowest BCUT2D eigenvalue weighted by Gasteiger charge is -2.18. The summed E-state index contributed by atoms with van der Waals surface area (Å²) < 4.78 is 30.1. The molecule has 0 amide bonds. The molecule has 0 spiro atoms. The van der Waals surface area contributed by atoms with Gasteiger partial charge in [0.2, 0.25) is 10.0 Å². The van der Waals surface area contributed by atoms with Gasteiger partial charge in [-0.1, -0.05) is 43.8 Å². The maximum Gasteiger partial charge on any atom is 0.241 e. The van der Waals surface area contributed by atoms with Crippen molar-refractivity contribution in [1.82, 2.24) is 0 Å². The molecule has 2 aromatic rings. The fraction of sp³-hybridized carbons (Fsp3) is 0.278. The molecule has 7 heteroatoms. The number of rotatable bonds is 8. The number of para-hydroxylation sites is 1. The number of hydrogen-bond acceptors (Lipinski definition) is 5. The summed E-state index contributed by atoms with van der Waals surface area (Å²) in [6.45, 7) is 4.51. The zero-order chi connectivity index (χ0) is 18.4. The van der Waals surface area contributed by atoms with Gasteiger partial charge in [0.15, 0.2) is 5.75 Å². The molecule has 0 radical (unpaired) electrons. The van der Waals surface area contributed by atoms with Gasteiger partial charge in [-0.25, -0.2) is 13.6 Å². The van der Waals surface area contributed by atoms with Gasteiger partial charge in [0.1, 0.15) is 10.6 Å². The number of nitrogens with two attached hydrogens (primary N) is 1. The monoisotopic (exact) mass is 378 g/mol. The van der Waals surface area contributed by atoms with E-state index in [1.165, 1.54) is 6.07 Å². The second kappa shape index (κ2) is 8.42. The molecule has 5 nitrogen and oxygen atoms in total. The summed E-state index contributed by atoms with van der Waals surface area (Å²) >= 11 is 5.21. The van der Waals surface area contributed by atoms with Crippen molar-refractivity contribution in [2.75, 3.05) is 11.9 Å². The third kappa shape index (κ3) is 5.26. The SMILES string of the molecule is CCCCNc1cc(C(C)=S)cc(S(N)(=O)=O)c1Oc1ccccc1. The summed E-state index contributed by atoms with van der Waals surface area (Å²) in [4.78, 5) is 0.492. The van der Waals surface area contributed by atoms with Crippen LogP contribution in [0.5, 0.6) is 11.5 Å². The number of anilines is 1. The Hall–Kier alpha value is -1.96. The highest BCUT2D eigenvalue weighted by molar-refractivity contribution is 7.89. The van der Waals surface area contributed by atoms with Gasteiger partial charge in [-0.05, 0) is 43.2 Å². The summed E-state index contributed by atoms with van der Waals surface area (Å²) in [5.41, 5.74) is 1.18. The molecule has 0 aliphatic heterocycles. The van der Waals surface area contributed by atoms with Crippen LogP contribution < -0.4 is 15.2 Å². The van der Waals surface area contributed by atoms with E-state index >= 15 is 0 Å². The lowest BCUT2D eigenvalue weighted by Crippen LogP contribution is -2.16. The minimum absolute atomic E-state index is 0.0861. The first-order valence-electron chi connectivity index (χ1n) is 8.01. The molecule has 0 bridgehead atoms. The summed E-state index contributed by atoms with van der Waals surface area (Å²) in [6, 6.07) is 12.2. The van der Waals surface area contributed by atoms with Crippen LogP contribution in [0.4, 0.5) is 5.69 Å². The van der Waals surface area contributed by atoms with Crippen molar-refractivity contribution >= 4 is 32.8 Å². The Morgan fingerprint density at radius 1 is 1.24 bits per heavy atom. The van der Waals surface area contributed by atoms with Crippen LogP contribution in [0.3, 0.4) is 0 Å². The first-order chi connectivity index (χ1) is 11.8. The van der Waals surface area contributed by atoms with Crippen molar-refractivity contribution in [3.8, 4) is 11.5 Å². The number of thiocarbonyl (C=S) groups is 1. The molecule has 0 aliphatic rings. The van der Waals surface area contributed by atoms with E-state index in [-0.39, 0.29) is 10.6 Å². The number of sulfonamides is 1. The second-order valence-electron chi connectivity index (χ2n) is 5.65. The lowest BCUT2D eigenvalue weighted by molar-refractivity contribution is 0.469. The highest BCUT2D eigenvalue weighted by Gasteiger charge is 2.22. The topological polar surface area (TPSA) is 81.4 Å². The molecule has 0 unspecified atom stereocenters. The molecular weight excluding hydrogens is 356 g/mol. The highest BCUT2D eigenvalue weighted by atomic mass is 32.2. The molecular formula is C18H22N2O3S2. The first-order valence-corrected chi connectivity index (χ1v) is 9.97. The van der Waals surface area contributed by atoms with Gasteiger partial charge in [0.05, 0.1) is 5.69 Å².